The molecule has 7 nitrogen and oxygen atoms in total. The topological polar surface area (TPSA) is 108 Å². The van der Waals surface area contributed by atoms with Crippen LogP contribution >= 0.6 is 11.6 Å². The Morgan fingerprint density at radius 1 is 1.43 bits per heavy atom. The number of amides is 1. The van der Waals surface area contributed by atoms with E-state index >= 15 is 0 Å². The quantitative estimate of drug-likeness (QED) is 0.797. The van der Waals surface area contributed by atoms with Crippen LogP contribution in [0.4, 0.5) is 0 Å². The smallest absolute Gasteiger partial charge is 0.255 e. The largest absolute Gasteiger partial charge is 0.494 e. The van der Waals surface area contributed by atoms with Gasteiger partial charge in [0.05, 0.1) is 18.8 Å². The van der Waals surface area contributed by atoms with Crippen molar-refractivity contribution in [1.29, 1.82) is 0 Å². The summed E-state index contributed by atoms with van der Waals surface area (Å²) in [4.78, 5) is 11.8. The van der Waals surface area contributed by atoms with Gasteiger partial charge in [-0.2, -0.15) is 0 Å². The highest BCUT2D eigenvalue weighted by molar-refractivity contribution is 7.89. The number of carbonyl (C=O) groups is 1. The summed E-state index contributed by atoms with van der Waals surface area (Å²) in [7, 11) is -1.32. The number of hydrogen-bond acceptors (Lipinski definition) is 5. The third-order valence-corrected chi connectivity index (χ3v) is 3.86. The normalized spacial score (nSPS) is 12.8. The number of primary sulfonamides is 1. The molecule has 0 aliphatic heterocycles. The third kappa shape index (κ3) is 4.57. The fourth-order valence-electron chi connectivity index (χ4n) is 1.57. The first-order valence-electron chi connectivity index (χ1n) is 5.92. The van der Waals surface area contributed by atoms with Gasteiger partial charge in [-0.05, 0) is 19.1 Å². The second-order valence-electron chi connectivity index (χ2n) is 4.29. The Labute approximate surface area is 128 Å². The minimum atomic E-state index is -4.07. The zero-order valence-electron chi connectivity index (χ0n) is 11.8. The molecule has 1 amide bonds. The number of carbonyl (C=O) groups excluding carboxylic acids is 1. The number of rotatable bonds is 6. The van der Waals surface area contributed by atoms with Gasteiger partial charge in [0, 0.05) is 18.7 Å². The van der Waals surface area contributed by atoms with E-state index in [-0.39, 0.29) is 33.9 Å². The highest BCUT2D eigenvalue weighted by atomic mass is 35.5. The number of methoxy groups -OCH3 is 2. The summed E-state index contributed by atoms with van der Waals surface area (Å²) in [5.74, 6) is -0.687. The van der Waals surface area contributed by atoms with Crippen LogP contribution < -0.4 is 15.2 Å². The Morgan fingerprint density at radius 3 is 2.52 bits per heavy atom. The van der Waals surface area contributed by atoms with E-state index in [0.29, 0.717) is 0 Å². The minimum Gasteiger partial charge on any atom is -0.494 e. The molecule has 118 valence electrons. The number of nitrogens with one attached hydrogen (secondary N) is 1. The summed E-state index contributed by atoms with van der Waals surface area (Å²) >= 11 is 5.84. The molecule has 1 unspecified atom stereocenters. The molecule has 0 saturated carbocycles. The average molecular weight is 337 g/mol. The van der Waals surface area contributed by atoms with Crippen LogP contribution in [-0.2, 0) is 14.8 Å². The van der Waals surface area contributed by atoms with Crippen LogP contribution in [0.5, 0.6) is 5.75 Å². The van der Waals surface area contributed by atoms with Crippen LogP contribution in [0.1, 0.15) is 17.3 Å². The molecule has 1 atom stereocenters. The zero-order valence-corrected chi connectivity index (χ0v) is 13.4. The molecule has 21 heavy (non-hydrogen) atoms. The van der Waals surface area contributed by atoms with Crippen LogP contribution in [-0.4, -0.2) is 41.2 Å². The van der Waals surface area contributed by atoms with Crippen molar-refractivity contribution in [2.75, 3.05) is 20.8 Å². The lowest BCUT2D eigenvalue weighted by Crippen LogP contribution is -2.32. The number of hydrogen-bond donors (Lipinski definition) is 2. The number of ether oxygens (including phenoxy) is 2. The van der Waals surface area contributed by atoms with Crippen LogP contribution in [0.2, 0.25) is 5.02 Å². The summed E-state index contributed by atoms with van der Waals surface area (Å²) < 4.78 is 33.1. The molecule has 0 heterocycles. The second kappa shape index (κ2) is 7.08. The third-order valence-electron chi connectivity index (χ3n) is 2.73. The van der Waals surface area contributed by atoms with E-state index in [0.717, 1.165) is 6.07 Å². The molecule has 0 aromatic heterocycles. The standard InChI is InChI=1S/C12H17ClN2O5S/c1-7(19-2)6-15-12(16)9-4-8(13)5-10(11(9)20-3)21(14,17)18/h4-5,7H,6H2,1-3H3,(H,15,16)(H2,14,17,18). The van der Waals surface area contributed by atoms with Crippen molar-refractivity contribution < 1.29 is 22.7 Å². The number of nitrogens with two attached hydrogens (primary N) is 1. The van der Waals surface area contributed by atoms with E-state index in [1.807, 2.05) is 0 Å². The molecule has 0 spiro atoms. The summed E-state index contributed by atoms with van der Waals surface area (Å²) in [6.07, 6.45) is -0.197. The maximum absolute atomic E-state index is 12.1. The van der Waals surface area contributed by atoms with Crippen molar-refractivity contribution in [3.63, 3.8) is 0 Å². The van der Waals surface area contributed by atoms with Crippen molar-refractivity contribution >= 4 is 27.5 Å². The van der Waals surface area contributed by atoms with Gasteiger partial charge in [0.1, 0.15) is 4.90 Å². The van der Waals surface area contributed by atoms with Gasteiger partial charge in [0.15, 0.2) is 5.75 Å². The van der Waals surface area contributed by atoms with Crippen molar-refractivity contribution in [1.82, 2.24) is 5.32 Å². The van der Waals surface area contributed by atoms with Crippen LogP contribution in [0.25, 0.3) is 0 Å². The molecule has 0 aliphatic carbocycles. The van der Waals surface area contributed by atoms with Gasteiger partial charge in [-0.15, -0.1) is 0 Å². The maximum atomic E-state index is 12.1. The van der Waals surface area contributed by atoms with E-state index in [1.54, 1.807) is 6.92 Å². The molecular weight excluding hydrogens is 320 g/mol. The number of benzene rings is 1. The van der Waals surface area contributed by atoms with E-state index < -0.39 is 15.9 Å². The molecule has 0 saturated heterocycles. The number of sulfonamides is 1. The molecule has 0 fully saturated rings. The van der Waals surface area contributed by atoms with Gasteiger partial charge in [0.25, 0.3) is 5.91 Å². The van der Waals surface area contributed by atoms with E-state index in [9.17, 15) is 13.2 Å². The lowest BCUT2D eigenvalue weighted by atomic mass is 10.2. The Kier molecular flexibility index (Phi) is 5.97. The fraction of sp³-hybridized carbons (Fsp3) is 0.417. The lowest BCUT2D eigenvalue weighted by molar-refractivity contribution is 0.0867. The van der Waals surface area contributed by atoms with Crippen molar-refractivity contribution in [2.45, 2.75) is 17.9 Å². The van der Waals surface area contributed by atoms with Gasteiger partial charge in [-0.3, -0.25) is 4.79 Å². The Hall–Kier alpha value is -1.35. The molecule has 1 aromatic rings. The van der Waals surface area contributed by atoms with Crippen molar-refractivity contribution in [2.24, 2.45) is 5.14 Å². The SMILES string of the molecule is COc1c(C(=O)NCC(C)OC)cc(Cl)cc1S(N)(=O)=O. The van der Waals surface area contributed by atoms with Crippen LogP contribution in [0.15, 0.2) is 17.0 Å². The van der Waals surface area contributed by atoms with Crippen LogP contribution in [0.3, 0.4) is 0 Å². The molecule has 3 N–H and O–H groups in total. The number of halogens is 1. The first-order valence-corrected chi connectivity index (χ1v) is 7.84. The summed E-state index contributed by atoms with van der Waals surface area (Å²) in [5, 5.41) is 7.75. The monoisotopic (exact) mass is 336 g/mol. The molecule has 1 aromatic carbocycles. The molecule has 0 bridgehead atoms. The van der Waals surface area contributed by atoms with Gasteiger partial charge in [0.2, 0.25) is 10.0 Å². The fourth-order valence-corrected chi connectivity index (χ4v) is 2.60. The predicted molar refractivity (Wildman–Crippen MR) is 78.2 cm³/mol. The van der Waals surface area contributed by atoms with Gasteiger partial charge in [-0.1, -0.05) is 11.6 Å². The van der Waals surface area contributed by atoms with Gasteiger partial charge in [-0.25, -0.2) is 13.6 Å². The highest BCUT2D eigenvalue weighted by Crippen LogP contribution is 2.31. The van der Waals surface area contributed by atoms with Gasteiger partial charge < -0.3 is 14.8 Å². The summed E-state index contributed by atoms with van der Waals surface area (Å²) in [6, 6.07) is 2.44. The Morgan fingerprint density at radius 2 is 2.05 bits per heavy atom. The van der Waals surface area contributed by atoms with Crippen molar-refractivity contribution in [3.05, 3.63) is 22.7 Å². The van der Waals surface area contributed by atoms with E-state index in [2.05, 4.69) is 5.32 Å². The molecule has 9 heteroatoms. The minimum absolute atomic E-state index is 0.0164. The lowest BCUT2D eigenvalue weighted by Gasteiger charge is -2.15. The predicted octanol–water partition coefficient (Wildman–Crippen LogP) is 0.761. The summed E-state index contributed by atoms with van der Waals surface area (Å²) in [5.41, 5.74) is -0.0164. The molecule has 0 aliphatic rings. The van der Waals surface area contributed by atoms with E-state index in [4.69, 9.17) is 26.2 Å². The van der Waals surface area contributed by atoms with Crippen molar-refractivity contribution in [3.8, 4) is 5.75 Å². The first kappa shape index (κ1) is 17.7. The zero-order chi connectivity index (χ0) is 16.2. The molecule has 1 rings (SSSR count). The van der Waals surface area contributed by atoms with E-state index in [1.165, 1.54) is 20.3 Å². The molecular formula is C12H17ClN2O5S. The average Bonchev–Trinajstić information content (AvgIpc) is 2.42. The van der Waals surface area contributed by atoms with Crippen LogP contribution in [0, 0.1) is 0 Å². The molecule has 0 radical (unpaired) electrons. The van der Waals surface area contributed by atoms with Gasteiger partial charge >= 0.3 is 0 Å². The maximum Gasteiger partial charge on any atom is 0.255 e. The highest BCUT2D eigenvalue weighted by Gasteiger charge is 2.23. The summed E-state index contributed by atoms with van der Waals surface area (Å²) in [6.45, 7) is 2.01. The second-order valence-corrected chi connectivity index (χ2v) is 6.25. The Balaban J connectivity index is 3.23. The Bertz CT molecular complexity index is 633. The first-order chi connectivity index (χ1) is 9.70.